The molecule has 0 bridgehead atoms. The van der Waals surface area contributed by atoms with Gasteiger partial charge in [0.1, 0.15) is 0 Å². The van der Waals surface area contributed by atoms with E-state index in [-0.39, 0.29) is 0 Å². The maximum atomic E-state index is 5.78. The Morgan fingerprint density at radius 2 is 2.27 bits per heavy atom. The fourth-order valence-corrected chi connectivity index (χ4v) is 1.17. The minimum atomic E-state index is 0.687. The van der Waals surface area contributed by atoms with Gasteiger partial charge in [-0.2, -0.15) is 12.6 Å². The molecule has 0 radical (unpaired) electrons. The van der Waals surface area contributed by atoms with Crippen LogP contribution in [-0.2, 0) is 6.54 Å². The highest BCUT2D eigenvalue weighted by molar-refractivity contribution is 7.80. The molecule has 1 nitrogen and oxygen atoms in total. The highest BCUT2D eigenvalue weighted by Gasteiger charge is 1.91. The third-order valence-electron chi connectivity index (χ3n) is 1.33. The lowest BCUT2D eigenvalue weighted by Crippen LogP contribution is -2.09. The minimum Gasteiger partial charge on any atom is -0.304 e. The molecule has 0 unspecified atom stereocenters. The van der Waals surface area contributed by atoms with Crippen LogP contribution < -0.4 is 5.32 Å². The zero-order valence-electron chi connectivity index (χ0n) is 6.05. The first-order valence-electron chi connectivity index (χ1n) is 3.39. The summed E-state index contributed by atoms with van der Waals surface area (Å²) in [6.07, 6.45) is 0. The van der Waals surface area contributed by atoms with Crippen LogP contribution in [0.25, 0.3) is 0 Å². The molecule has 0 aliphatic carbocycles. The van der Waals surface area contributed by atoms with E-state index in [1.807, 2.05) is 24.3 Å². The summed E-state index contributed by atoms with van der Waals surface area (Å²) < 4.78 is 0. The van der Waals surface area contributed by atoms with Crippen molar-refractivity contribution in [3.63, 3.8) is 0 Å². The Morgan fingerprint density at radius 1 is 1.45 bits per heavy atom. The van der Waals surface area contributed by atoms with Crippen molar-refractivity contribution in [2.45, 2.75) is 6.54 Å². The smallest absolute Gasteiger partial charge is 0.0409 e. The Kier molecular flexibility index (Phi) is 3.77. The van der Waals surface area contributed by atoms with Crippen LogP contribution in [0, 0.1) is 0 Å². The van der Waals surface area contributed by atoms with Gasteiger partial charge in [0.05, 0.1) is 0 Å². The van der Waals surface area contributed by atoms with Crippen LogP contribution in [0.3, 0.4) is 0 Å². The number of thiol groups is 1. The summed E-state index contributed by atoms with van der Waals surface area (Å²) >= 11 is 9.81. The van der Waals surface area contributed by atoms with Gasteiger partial charge in [0, 0.05) is 17.4 Å². The topological polar surface area (TPSA) is 12.0 Å². The molecule has 0 saturated heterocycles. The Balaban J connectivity index is 2.56. The first-order valence-corrected chi connectivity index (χ1v) is 4.40. The first kappa shape index (κ1) is 8.91. The average molecular weight is 188 g/mol. The van der Waals surface area contributed by atoms with Crippen molar-refractivity contribution in [3.05, 3.63) is 34.9 Å². The average Bonchev–Trinajstić information content (AvgIpc) is 2.01. The van der Waals surface area contributed by atoms with E-state index in [1.165, 1.54) is 5.56 Å². The van der Waals surface area contributed by atoms with Gasteiger partial charge in [-0.1, -0.05) is 23.7 Å². The van der Waals surface area contributed by atoms with Crippen LogP contribution in [0.5, 0.6) is 0 Å². The predicted octanol–water partition coefficient (Wildman–Crippen LogP) is 2.32. The molecule has 0 saturated carbocycles. The van der Waals surface area contributed by atoms with Gasteiger partial charge < -0.3 is 5.32 Å². The summed E-state index contributed by atoms with van der Waals surface area (Å²) in [5.74, 6) is 0.687. The van der Waals surface area contributed by atoms with Gasteiger partial charge in [-0.25, -0.2) is 0 Å². The summed E-state index contributed by atoms with van der Waals surface area (Å²) in [6, 6.07) is 7.78. The van der Waals surface area contributed by atoms with Crippen molar-refractivity contribution in [1.82, 2.24) is 5.32 Å². The maximum absolute atomic E-state index is 5.78. The highest BCUT2D eigenvalue weighted by Crippen LogP contribution is 2.09. The van der Waals surface area contributed by atoms with Crippen LogP contribution >= 0.6 is 24.2 Å². The molecule has 1 rings (SSSR count). The molecular weight excluding hydrogens is 178 g/mol. The Bertz CT molecular complexity index is 227. The van der Waals surface area contributed by atoms with E-state index >= 15 is 0 Å². The van der Waals surface area contributed by atoms with Crippen LogP contribution in [0.4, 0.5) is 0 Å². The van der Waals surface area contributed by atoms with Crippen LogP contribution in [-0.4, -0.2) is 5.88 Å². The van der Waals surface area contributed by atoms with E-state index < -0.39 is 0 Å². The summed E-state index contributed by atoms with van der Waals surface area (Å²) in [4.78, 5) is 0. The molecule has 0 fully saturated rings. The van der Waals surface area contributed by atoms with Gasteiger partial charge in [-0.05, 0) is 17.7 Å². The van der Waals surface area contributed by atoms with Crippen LogP contribution in [0.1, 0.15) is 5.56 Å². The highest BCUT2D eigenvalue weighted by atomic mass is 35.5. The molecule has 60 valence electrons. The maximum Gasteiger partial charge on any atom is 0.0409 e. The minimum absolute atomic E-state index is 0.687. The second-order valence-electron chi connectivity index (χ2n) is 2.21. The van der Waals surface area contributed by atoms with E-state index in [2.05, 4.69) is 17.9 Å². The van der Waals surface area contributed by atoms with Gasteiger partial charge in [0.25, 0.3) is 0 Å². The molecule has 0 heterocycles. The van der Waals surface area contributed by atoms with Crippen molar-refractivity contribution in [1.29, 1.82) is 0 Å². The molecule has 3 heteroatoms. The van der Waals surface area contributed by atoms with E-state index in [0.29, 0.717) is 5.88 Å². The second kappa shape index (κ2) is 4.65. The van der Waals surface area contributed by atoms with E-state index in [4.69, 9.17) is 11.6 Å². The van der Waals surface area contributed by atoms with Crippen LogP contribution in [0.15, 0.2) is 24.3 Å². The van der Waals surface area contributed by atoms with Crippen molar-refractivity contribution in [2.75, 3.05) is 5.88 Å². The molecule has 1 N–H and O–H groups in total. The number of halogens is 1. The molecule has 0 aliphatic rings. The molecule has 0 aromatic heterocycles. The van der Waals surface area contributed by atoms with Gasteiger partial charge >= 0.3 is 0 Å². The molecular formula is C8H10ClNS. The van der Waals surface area contributed by atoms with Crippen molar-refractivity contribution in [2.24, 2.45) is 0 Å². The number of hydrogen-bond donors (Lipinski definition) is 2. The lowest BCUT2D eigenvalue weighted by Gasteiger charge is -2.00. The molecule has 0 atom stereocenters. The predicted molar refractivity (Wildman–Crippen MR) is 52.1 cm³/mol. The monoisotopic (exact) mass is 187 g/mol. The largest absolute Gasteiger partial charge is 0.304 e. The summed E-state index contributed by atoms with van der Waals surface area (Å²) in [6.45, 7) is 0.823. The first-order chi connectivity index (χ1) is 5.33. The molecule has 1 aromatic rings. The number of rotatable bonds is 3. The molecule has 0 spiro atoms. The molecule has 1 aromatic carbocycles. The van der Waals surface area contributed by atoms with Gasteiger partial charge in [-0.3, -0.25) is 0 Å². The van der Waals surface area contributed by atoms with Gasteiger partial charge in [-0.15, -0.1) is 0 Å². The summed E-state index contributed by atoms with van der Waals surface area (Å²) in [7, 11) is 0. The Labute approximate surface area is 77.2 Å². The number of hydrogen-bond acceptors (Lipinski definition) is 2. The molecule has 0 amide bonds. The SMILES string of the molecule is SCNCc1cccc(Cl)c1. The van der Waals surface area contributed by atoms with Gasteiger partial charge in [0.15, 0.2) is 0 Å². The number of nitrogens with one attached hydrogen (secondary N) is 1. The molecule has 11 heavy (non-hydrogen) atoms. The zero-order valence-corrected chi connectivity index (χ0v) is 7.70. The lowest BCUT2D eigenvalue weighted by atomic mass is 10.2. The Hall–Kier alpha value is -0.180. The third-order valence-corrected chi connectivity index (χ3v) is 1.79. The standard InChI is InChI=1S/C8H10ClNS/c9-8-3-1-2-7(4-8)5-10-6-11/h1-4,10-11H,5-6H2. The van der Waals surface area contributed by atoms with Crippen molar-refractivity contribution >= 4 is 24.2 Å². The summed E-state index contributed by atoms with van der Waals surface area (Å²) in [5.41, 5.74) is 1.19. The van der Waals surface area contributed by atoms with Gasteiger partial charge in [0.2, 0.25) is 0 Å². The van der Waals surface area contributed by atoms with E-state index in [9.17, 15) is 0 Å². The normalized spacial score (nSPS) is 10.0. The summed E-state index contributed by atoms with van der Waals surface area (Å²) in [5, 5.41) is 3.88. The zero-order chi connectivity index (χ0) is 8.10. The number of benzene rings is 1. The fourth-order valence-electron chi connectivity index (χ4n) is 0.847. The van der Waals surface area contributed by atoms with E-state index in [1.54, 1.807) is 0 Å². The van der Waals surface area contributed by atoms with Crippen molar-refractivity contribution < 1.29 is 0 Å². The lowest BCUT2D eigenvalue weighted by molar-refractivity contribution is 0.799. The second-order valence-corrected chi connectivity index (χ2v) is 2.97. The fraction of sp³-hybridized carbons (Fsp3) is 0.250. The molecule has 0 aliphatic heterocycles. The third kappa shape index (κ3) is 3.14. The van der Waals surface area contributed by atoms with Crippen molar-refractivity contribution in [3.8, 4) is 0 Å². The van der Waals surface area contributed by atoms with Crippen LogP contribution in [0.2, 0.25) is 5.02 Å². The quantitative estimate of drug-likeness (QED) is 0.547. The Morgan fingerprint density at radius 3 is 2.91 bits per heavy atom. The van der Waals surface area contributed by atoms with E-state index in [0.717, 1.165) is 11.6 Å².